The van der Waals surface area contributed by atoms with Crippen molar-refractivity contribution in [2.45, 2.75) is 57.3 Å². The standard InChI is InChI=1S/C30H39N3O6/c1-3-4-13-33(23-6-5-12-31(2)18-23)27(34)20-32-19-24(21-7-9-26-22(17-21)11-14-37-26)29(30(35)36)25(32)8-10-28-38-15-16-39-28/h5-7,9,12,17-18,24-25,28-29H,3-4,8,10-11,13-16,19-20H2,1-2H3/p+1/t24-,25+,29-/m1/s1. The van der Waals surface area contributed by atoms with Gasteiger partial charge in [-0.3, -0.25) is 14.5 Å². The van der Waals surface area contributed by atoms with Crippen molar-refractivity contribution in [2.24, 2.45) is 13.0 Å². The van der Waals surface area contributed by atoms with Gasteiger partial charge in [0.1, 0.15) is 18.5 Å². The molecule has 39 heavy (non-hydrogen) atoms. The lowest BCUT2D eigenvalue weighted by Crippen LogP contribution is -2.45. The van der Waals surface area contributed by atoms with E-state index < -0.39 is 11.9 Å². The van der Waals surface area contributed by atoms with E-state index in [2.05, 4.69) is 17.9 Å². The van der Waals surface area contributed by atoms with E-state index in [1.807, 2.05) is 53.2 Å². The lowest BCUT2D eigenvalue weighted by molar-refractivity contribution is -0.670. The van der Waals surface area contributed by atoms with Gasteiger partial charge in [-0.05, 0) is 42.5 Å². The summed E-state index contributed by atoms with van der Waals surface area (Å²) >= 11 is 0. The zero-order chi connectivity index (χ0) is 27.4. The van der Waals surface area contributed by atoms with Crippen LogP contribution in [0.25, 0.3) is 0 Å². The number of benzene rings is 1. The molecule has 1 aromatic carbocycles. The average Bonchev–Trinajstić information content (AvgIpc) is 3.67. The molecule has 0 bridgehead atoms. The van der Waals surface area contributed by atoms with Gasteiger partial charge in [0.25, 0.3) is 0 Å². The fraction of sp³-hybridized carbons (Fsp3) is 0.567. The van der Waals surface area contributed by atoms with Gasteiger partial charge in [-0.25, -0.2) is 4.57 Å². The Labute approximate surface area is 230 Å². The number of aryl methyl sites for hydroxylation is 1. The Bertz CT molecular complexity index is 1170. The Hall–Kier alpha value is -3.01. The number of fused-ring (bicyclic) bond motifs is 1. The molecule has 0 unspecified atom stereocenters. The van der Waals surface area contributed by atoms with Crippen LogP contribution in [0, 0.1) is 5.92 Å². The molecular weight excluding hydrogens is 498 g/mol. The van der Waals surface area contributed by atoms with Crippen molar-refractivity contribution in [1.82, 2.24) is 4.90 Å². The number of carbonyl (C=O) groups is 2. The van der Waals surface area contributed by atoms with Gasteiger partial charge >= 0.3 is 5.97 Å². The highest BCUT2D eigenvalue weighted by Crippen LogP contribution is 2.41. The molecule has 1 amide bonds. The molecule has 2 saturated heterocycles. The first kappa shape index (κ1) is 27.6. The van der Waals surface area contributed by atoms with E-state index in [0.29, 0.717) is 45.8 Å². The van der Waals surface area contributed by atoms with Crippen molar-refractivity contribution < 1.29 is 33.5 Å². The summed E-state index contributed by atoms with van der Waals surface area (Å²) in [5.74, 6) is -0.832. The lowest BCUT2D eigenvalue weighted by Gasteiger charge is -2.29. The summed E-state index contributed by atoms with van der Waals surface area (Å²) < 4.78 is 18.9. The zero-order valence-corrected chi connectivity index (χ0v) is 23.0. The number of pyridine rings is 1. The van der Waals surface area contributed by atoms with E-state index in [-0.39, 0.29) is 30.7 Å². The SMILES string of the molecule is CCCCN(C(=O)CN1C[C@H](c2ccc3c(c2)CCO3)[C@@H](C(=O)O)[C@@H]1CCC1OCCO1)c1ccc[n+](C)c1. The Morgan fingerprint density at radius 3 is 2.72 bits per heavy atom. The van der Waals surface area contributed by atoms with Crippen LogP contribution in [-0.2, 0) is 32.5 Å². The van der Waals surface area contributed by atoms with Gasteiger partial charge < -0.3 is 24.2 Å². The van der Waals surface area contributed by atoms with Crippen LogP contribution in [0.15, 0.2) is 42.7 Å². The number of aromatic nitrogens is 1. The third-order valence-corrected chi connectivity index (χ3v) is 8.17. The van der Waals surface area contributed by atoms with E-state index in [4.69, 9.17) is 14.2 Å². The fourth-order valence-electron chi connectivity index (χ4n) is 6.21. The van der Waals surface area contributed by atoms with Gasteiger partial charge in [-0.2, -0.15) is 0 Å². The number of ether oxygens (including phenoxy) is 3. The Balaban J connectivity index is 1.41. The second kappa shape index (κ2) is 12.4. The Morgan fingerprint density at radius 1 is 1.15 bits per heavy atom. The van der Waals surface area contributed by atoms with Gasteiger partial charge in [0, 0.05) is 37.5 Å². The number of unbranched alkanes of at least 4 members (excludes halogenated alkanes) is 1. The molecular formula is C30H40N3O6+. The number of carboxylic acids is 1. The van der Waals surface area contributed by atoms with Gasteiger partial charge in [0.2, 0.25) is 5.91 Å². The molecule has 0 radical (unpaired) electrons. The highest BCUT2D eigenvalue weighted by molar-refractivity contribution is 5.94. The summed E-state index contributed by atoms with van der Waals surface area (Å²) in [5, 5.41) is 10.5. The van der Waals surface area contributed by atoms with Crippen LogP contribution in [0.4, 0.5) is 5.69 Å². The Kier molecular flexibility index (Phi) is 8.79. The van der Waals surface area contributed by atoms with E-state index in [9.17, 15) is 14.7 Å². The van der Waals surface area contributed by atoms with Gasteiger partial charge in [0.15, 0.2) is 18.7 Å². The summed E-state index contributed by atoms with van der Waals surface area (Å²) in [4.78, 5) is 30.6. The molecule has 3 aliphatic heterocycles. The number of carboxylic acid groups (broad SMARTS) is 1. The number of nitrogens with zero attached hydrogens (tertiary/aromatic N) is 3. The number of anilines is 1. The van der Waals surface area contributed by atoms with Crippen molar-refractivity contribution in [3.05, 3.63) is 53.9 Å². The summed E-state index contributed by atoms with van der Waals surface area (Å²) in [6, 6.07) is 9.64. The minimum atomic E-state index is -0.831. The second-order valence-electron chi connectivity index (χ2n) is 10.8. The molecule has 3 aliphatic rings. The maximum atomic E-state index is 13.9. The molecule has 0 aliphatic carbocycles. The number of amides is 1. The summed E-state index contributed by atoms with van der Waals surface area (Å²) in [6.45, 7) is 5.17. The highest BCUT2D eigenvalue weighted by Gasteiger charge is 2.47. The van der Waals surface area contributed by atoms with E-state index in [1.165, 1.54) is 0 Å². The van der Waals surface area contributed by atoms with Crippen LogP contribution in [-0.4, -0.2) is 73.7 Å². The Morgan fingerprint density at radius 2 is 1.97 bits per heavy atom. The van der Waals surface area contributed by atoms with Crippen LogP contribution in [0.2, 0.25) is 0 Å². The van der Waals surface area contributed by atoms with E-state index in [0.717, 1.165) is 41.8 Å². The monoisotopic (exact) mass is 538 g/mol. The van der Waals surface area contributed by atoms with E-state index in [1.54, 1.807) is 0 Å². The number of rotatable bonds is 11. The van der Waals surface area contributed by atoms with Gasteiger partial charge in [0.05, 0.1) is 32.3 Å². The molecule has 0 saturated carbocycles. The molecule has 2 aromatic rings. The van der Waals surface area contributed by atoms with E-state index >= 15 is 0 Å². The molecule has 1 aromatic heterocycles. The minimum Gasteiger partial charge on any atom is -0.493 e. The van der Waals surface area contributed by atoms with Crippen molar-refractivity contribution in [3.63, 3.8) is 0 Å². The third-order valence-electron chi connectivity index (χ3n) is 8.17. The molecule has 4 heterocycles. The second-order valence-corrected chi connectivity index (χ2v) is 10.8. The highest BCUT2D eigenvalue weighted by atomic mass is 16.7. The number of hydrogen-bond acceptors (Lipinski definition) is 6. The van der Waals surface area contributed by atoms with Crippen LogP contribution >= 0.6 is 0 Å². The van der Waals surface area contributed by atoms with Crippen molar-refractivity contribution in [3.8, 4) is 5.75 Å². The van der Waals surface area contributed by atoms with Crippen molar-refractivity contribution >= 4 is 17.6 Å². The van der Waals surface area contributed by atoms with Crippen molar-refractivity contribution in [1.29, 1.82) is 0 Å². The first-order valence-electron chi connectivity index (χ1n) is 14.2. The van der Waals surface area contributed by atoms with Crippen LogP contribution in [0.3, 0.4) is 0 Å². The summed E-state index contributed by atoms with van der Waals surface area (Å²) in [5.41, 5.74) is 2.97. The lowest BCUT2D eigenvalue weighted by atomic mass is 9.83. The predicted molar refractivity (Wildman–Crippen MR) is 145 cm³/mol. The first-order chi connectivity index (χ1) is 18.9. The number of aliphatic carboxylic acids is 1. The van der Waals surface area contributed by atoms with Crippen LogP contribution in [0.1, 0.15) is 49.7 Å². The largest absolute Gasteiger partial charge is 0.493 e. The topological polar surface area (TPSA) is 92.4 Å². The summed E-state index contributed by atoms with van der Waals surface area (Å²) in [7, 11) is 1.94. The smallest absolute Gasteiger partial charge is 0.308 e. The van der Waals surface area contributed by atoms with Crippen molar-refractivity contribution in [2.75, 3.05) is 44.4 Å². The molecule has 2 fully saturated rings. The maximum Gasteiger partial charge on any atom is 0.308 e. The van der Waals surface area contributed by atoms with Crippen LogP contribution < -0.4 is 14.2 Å². The average molecular weight is 539 g/mol. The maximum absolute atomic E-state index is 13.9. The first-order valence-corrected chi connectivity index (χ1v) is 14.2. The predicted octanol–water partition coefficient (Wildman–Crippen LogP) is 2.90. The number of carbonyl (C=O) groups excluding carboxylic acids is 1. The minimum absolute atomic E-state index is 0.0137. The molecule has 9 nitrogen and oxygen atoms in total. The third kappa shape index (κ3) is 6.26. The molecule has 210 valence electrons. The molecule has 3 atom stereocenters. The molecule has 1 N–H and O–H groups in total. The van der Waals surface area contributed by atoms with Crippen LogP contribution in [0.5, 0.6) is 5.75 Å². The fourth-order valence-corrected chi connectivity index (χ4v) is 6.21. The van der Waals surface area contributed by atoms with Gasteiger partial charge in [-0.1, -0.05) is 25.5 Å². The molecule has 0 spiro atoms. The number of likely N-dealkylation sites (tertiary alicyclic amines) is 1. The summed E-state index contributed by atoms with van der Waals surface area (Å²) in [6.07, 6.45) is 7.45. The normalized spacial score (nSPS) is 23.1. The van der Waals surface area contributed by atoms with Gasteiger partial charge in [-0.15, -0.1) is 0 Å². The number of hydrogen-bond donors (Lipinski definition) is 1. The molecule has 9 heteroatoms. The zero-order valence-electron chi connectivity index (χ0n) is 23.0. The quantitative estimate of drug-likeness (QED) is 0.440. The molecule has 5 rings (SSSR count).